The average Bonchev–Trinajstić information content (AvgIpc) is 3.30. The lowest BCUT2D eigenvalue weighted by Gasteiger charge is -2.21. The fourth-order valence-corrected chi connectivity index (χ4v) is 2.35. The molecule has 1 fully saturated rings. The van der Waals surface area contributed by atoms with Gasteiger partial charge in [-0.15, -0.1) is 0 Å². The number of aliphatic hydroxyl groups is 1. The lowest BCUT2D eigenvalue weighted by molar-refractivity contribution is -0.133. The van der Waals surface area contributed by atoms with Crippen molar-refractivity contribution in [3.05, 3.63) is 29.8 Å². The molecule has 1 atom stereocenters. The number of para-hydroxylation sites is 1. The second-order valence-corrected chi connectivity index (χ2v) is 5.16. The fourth-order valence-electron chi connectivity index (χ4n) is 2.35. The van der Waals surface area contributed by atoms with Gasteiger partial charge in [-0.2, -0.15) is 0 Å². The number of hydrogen-bond acceptors (Lipinski definition) is 3. The monoisotopic (exact) mass is 277 g/mol. The Labute approximate surface area is 120 Å². The van der Waals surface area contributed by atoms with Gasteiger partial charge in [0.05, 0.1) is 6.10 Å². The number of nitrogens with zero attached hydrogens (tertiary/aromatic N) is 1. The zero-order valence-electron chi connectivity index (χ0n) is 12.2. The summed E-state index contributed by atoms with van der Waals surface area (Å²) in [5.41, 5.74) is 0.747. The minimum absolute atomic E-state index is 0.0239. The summed E-state index contributed by atoms with van der Waals surface area (Å²) >= 11 is 0. The summed E-state index contributed by atoms with van der Waals surface area (Å²) in [6.07, 6.45) is 2.28. The smallest absolute Gasteiger partial charge is 0.260 e. The van der Waals surface area contributed by atoms with Gasteiger partial charge in [0.1, 0.15) is 5.75 Å². The second kappa shape index (κ2) is 6.75. The van der Waals surface area contributed by atoms with Gasteiger partial charge in [0, 0.05) is 18.2 Å². The molecule has 1 aromatic carbocycles. The Kier molecular flexibility index (Phi) is 5.01. The first-order valence-corrected chi connectivity index (χ1v) is 7.36. The molecular formula is C16H23NO3. The largest absolute Gasteiger partial charge is 0.483 e. The number of ether oxygens (including phenoxy) is 1. The van der Waals surface area contributed by atoms with E-state index in [-0.39, 0.29) is 12.5 Å². The molecule has 0 saturated heterocycles. The lowest BCUT2D eigenvalue weighted by Crippen LogP contribution is -2.36. The van der Waals surface area contributed by atoms with Crippen molar-refractivity contribution in [2.75, 3.05) is 13.2 Å². The highest BCUT2D eigenvalue weighted by Crippen LogP contribution is 2.28. The van der Waals surface area contributed by atoms with E-state index in [4.69, 9.17) is 4.74 Å². The number of carbonyl (C=O) groups excluding carboxylic acids is 1. The van der Waals surface area contributed by atoms with Crippen LogP contribution in [-0.4, -0.2) is 35.1 Å². The zero-order valence-corrected chi connectivity index (χ0v) is 12.2. The van der Waals surface area contributed by atoms with E-state index in [2.05, 4.69) is 0 Å². The van der Waals surface area contributed by atoms with Crippen LogP contribution in [-0.2, 0) is 4.79 Å². The van der Waals surface area contributed by atoms with Crippen molar-refractivity contribution in [3.63, 3.8) is 0 Å². The van der Waals surface area contributed by atoms with Crippen LogP contribution in [0.5, 0.6) is 5.75 Å². The summed E-state index contributed by atoms with van der Waals surface area (Å²) in [6.45, 7) is 4.67. The molecule has 0 aromatic heterocycles. The molecule has 0 bridgehead atoms. The highest BCUT2D eigenvalue weighted by atomic mass is 16.5. The summed E-state index contributed by atoms with van der Waals surface area (Å²) in [5.74, 6) is 0.623. The van der Waals surface area contributed by atoms with Crippen LogP contribution in [0.4, 0.5) is 0 Å². The van der Waals surface area contributed by atoms with E-state index in [0.717, 1.165) is 24.9 Å². The average molecular weight is 277 g/mol. The summed E-state index contributed by atoms with van der Waals surface area (Å²) in [5, 5.41) is 9.95. The summed E-state index contributed by atoms with van der Waals surface area (Å²) in [4.78, 5) is 14.0. The molecule has 1 amide bonds. The molecule has 1 saturated carbocycles. The van der Waals surface area contributed by atoms with Crippen LogP contribution in [0.25, 0.3) is 0 Å². The SMILES string of the molecule is CCC(O)c1ccccc1OCC(=O)N(CC)C1CC1. The first-order valence-electron chi connectivity index (χ1n) is 7.36. The van der Waals surface area contributed by atoms with E-state index < -0.39 is 6.10 Å². The molecule has 0 aliphatic heterocycles. The van der Waals surface area contributed by atoms with E-state index in [9.17, 15) is 9.90 Å². The molecule has 110 valence electrons. The van der Waals surface area contributed by atoms with Crippen LogP contribution in [0.3, 0.4) is 0 Å². The molecular weight excluding hydrogens is 254 g/mol. The van der Waals surface area contributed by atoms with Crippen LogP contribution in [0.2, 0.25) is 0 Å². The third kappa shape index (κ3) is 3.51. The molecule has 0 heterocycles. The van der Waals surface area contributed by atoms with Crippen molar-refractivity contribution in [2.24, 2.45) is 0 Å². The Hall–Kier alpha value is -1.55. The summed E-state index contributed by atoms with van der Waals surface area (Å²) in [6, 6.07) is 7.77. The maximum Gasteiger partial charge on any atom is 0.260 e. The molecule has 1 aliphatic rings. The molecule has 4 nitrogen and oxygen atoms in total. The van der Waals surface area contributed by atoms with Gasteiger partial charge in [-0.05, 0) is 32.3 Å². The van der Waals surface area contributed by atoms with Crippen molar-refractivity contribution in [1.29, 1.82) is 0 Å². The van der Waals surface area contributed by atoms with Gasteiger partial charge in [0.25, 0.3) is 5.91 Å². The Morgan fingerprint density at radius 2 is 2.10 bits per heavy atom. The van der Waals surface area contributed by atoms with Crippen molar-refractivity contribution >= 4 is 5.91 Å². The normalized spacial score (nSPS) is 15.8. The Balaban J connectivity index is 1.98. The number of amides is 1. The molecule has 20 heavy (non-hydrogen) atoms. The van der Waals surface area contributed by atoms with Crippen LogP contribution in [0.1, 0.15) is 44.8 Å². The van der Waals surface area contributed by atoms with E-state index in [1.807, 2.05) is 36.9 Å². The number of rotatable bonds is 7. The third-order valence-corrected chi connectivity index (χ3v) is 3.66. The Bertz CT molecular complexity index is 457. The molecule has 1 N–H and O–H groups in total. The van der Waals surface area contributed by atoms with Gasteiger partial charge >= 0.3 is 0 Å². The predicted molar refractivity (Wildman–Crippen MR) is 77.6 cm³/mol. The van der Waals surface area contributed by atoms with Crippen LogP contribution in [0, 0.1) is 0 Å². The topological polar surface area (TPSA) is 49.8 Å². The molecule has 0 radical (unpaired) electrons. The van der Waals surface area contributed by atoms with Gasteiger partial charge in [0.15, 0.2) is 6.61 Å². The standard InChI is InChI=1S/C16H23NO3/c1-3-14(18)13-7-5-6-8-15(13)20-11-16(19)17(4-2)12-9-10-12/h5-8,12,14,18H,3-4,9-11H2,1-2H3. The molecule has 1 unspecified atom stereocenters. The highest BCUT2D eigenvalue weighted by Gasteiger charge is 2.31. The zero-order chi connectivity index (χ0) is 14.5. The Morgan fingerprint density at radius 3 is 2.70 bits per heavy atom. The van der Waals surface area contributed by atoms with Crippen molar-refractivity contribution in [3.8, 4) is 5.75 Å². The van der Waals surface area contributed by atoms with Gasteiger partial charge in [0.2, 0.25) is 0 Å². The summed E-state index contributed by atoms with van der Waals surface area (Å²) < 4.78 is 5.63. The fraction of sp³-hybridized carbons (Fsp3) is 0.562. The minimum Gasteiger partial charge on any atom is -0.483 e. The van der Waals surface area contributed by atoms with Crippen LogP contribution >= 0.6 is 0 Å². The second-order valence-electron chi connectivity index (χ2n) is 5.16. The maximum absolute atomic E-state index is 12.1. The third-order valence-electron chi connectivity index (χ3n) is 3.66. The van der Waals surface area contributed by atoms with E-state index in [1.54, 1.807) is 6.07 Å². The number of carbonyl (C=O) groups is 1. The van der Waals surface area contributed by atoms with Gasteiger partial charge in [-0.3, -0.25) is 4.79 Å². The minimum atomic E-state index is -0.549. The van der Waals surface area contributed by atoms with E-state index in [1.165, 1.54) is 0 Å². The van der Waals surface area contributed by atoms with Crippen molar-refractivity contribution in [1.82, 2.24) is 4.90 Å². The van der Waals surface area contributed by atoms with Gasteiger partial charge in [-0.1, -0.05) is 25.1 Å². The van der Waals surface area contributed by atoms with Crippen molar-refractivity contribution in [2.45, 2.75) is 45.3 Å². The number of likely N-dealkylation sites (N-methyl/N-ethyl adjacent to an activating group) is 1. The highest BCUT2D eigenvalue weighted by molar-refractivity contribution is 5.78. The molecule has 2 rings (SSSR count). The van der Waals surface area contributed by atoms with Crippen molar-refractivity contribution < 1.29 is 14.6 Å². The first kappa shape index (κ1) is 14.9. The van der Waals surface area contributed by atoms with E-state index >= 15 is 0 Å². The number of benzene rings is 1. The van der Waals surface area contributed by atoms with E-state index in [0.29, 0.717) is 18.2 Å². The number of hydrogen-bond donors (Lipinski definition) is 1. The molecule has 4 heteroatoms. The van der Waals surface area contributed by atoms with Crippen LogP contribution in [0.15, 0.2) is 24.3 Å². The van der Waals surface area contributed by atoms with Gasteiger partial charge < -0.3 is 14.7 Å². The van der Waals surface area contributed by atoms with Crippen LogP contribution < -0.4 is 4.74 Å². The summed E-state index contributed by atoms with van der Waals surface area (Å²) in [7, 11) is 0. The van der Waals surface area contributed by atoms with Gasteiger partial charge in [-0.25, -0.2) is 0 Å². The quantitative estimate of drug-likeness (QED) is 0.833. The first-order chi connectivity index (χ1) is 9.67. The molecule has 1 aromatic rings. The maximum atomic E-state index is 12.1. The Morgan fingerprint density at radius 1 is 1.40 bits per heavy atom. The lowest BCUT2D eigenvalue weighted by atomic mass is 10.1. The number of aliphatic hydroxyl groups excluding tert-OH is 1. The molecule has 0 spiro atoms. The molecule has 1 aliphatic carbocycles. The predicted octanol–water partition coefficient (Wildman–Crippen LogP) is 2.52.